The van der Waals surface area contributed by atoms with Gasteiger partial charge in [-0.3, -0.25) is 4.79 Å². The molecule has 9 heteroatoms. The molecule has 0 N–H and O–H groups in total. The van der Waals surface area contributed by atoms with Gasteiger partial charge in [0.25, 0.3) is 0 Å². The Balaban J connectivity index is 1.57. The van der Waals surface area contributed by atoms with Gasteiger partial charge in [0.05, 0.1) is 18.6 Å². The van der Waals surface area contributed by atoms with Crippen LogP contribution in [0.1, 0.15) is 11.3 Å². The highest BCUT2D eigenvalue weighted by Crippen LogP contribution is 2.32. The molecular weight excluding hydrogens is 451 g/mol. The van der Waals surface area contributed by atoms with E-state index in [1.54, 1.807) is 23.1 Å². The van der Waals surface area contributed by atoms with Crippen LogP contribution in [0.3, 0.4) is 0 Å². The number of rotatable bonds is 7. The molecule has 0 fully saturated rings. The number of hydrogen-bond acceptors (Lipinski definition) is 5. The number of carbonyl (C=O) groups is 1. The van der Waals surface area contributed by atoms with Crippen molar-refractivity contribution in [3.8, 4) is 11.5 Å². The lowest BCUT2D eigenvalue weighted by Crippen LogP contribution is -2.32. The van der Waals surface area contributed by atoms with Crippen LogP contribution in [0, 0.1) is 0 Å². The minimum atomic E-state index is -4.66. The first kappa shape index (κ1) is 22.6. The van der Waals surface area contributed by atoms with Crippen LogP contribution in [0.15, 0.2) is 94.7 Å². The second-order valence-electron chi connectivity index (χ2n) is 6.99. The Morgan fingerprint density at radius 2 is 1.64 bits per heavy atom. The Morgan fingerprint density at radius 1 is 0.939 bits per heavy atom. The van der Waals surface area contributed by atoms with E-state index in [1.165, 1.54) is 12.3 Å². The van der Waals surface area contributed by atoms with Gasteiger partial charge in [-0.2, -0.15) is 13.2 Å². The second kappa shape index (κ2) is 9.91. The zero-order valence-corrected chi connectivity index (χ0v) is 18.0. The number of thioether (sulfide) groups is 1. The fourth-order valence-corrected chi connectivity index (χ4v) is 3.82. The molecule has 2 aromatic heterocycles. The molecule has 33 heavy (non-hydrogen) atoms. The van der Waals surface area contributed by atoms with Crippen LogP contribution in [-0.4, -0.2) is 21.6 Å². The zero-order valence-electron chi connectivity index (χ0n) is 17.2. The molecule has 0 aliphatic heterocycles. The third-order valence-corrected chi connectivity index (χ3v) is 5.48. The topological polar surface area (TPSA) is 59.2 Å². The van der Waals surface area contributed by atoms with E-state index in [1.807, 2.05) is 48.5 Å². The number of amides is 1. The summed E-state index contributed by atoms with van der Waals surface area (Å²) in [7, 11) is 0. The average Bonchev–Trinajstić information content (AvgIpc) is 3.37. The quantitative estimate of drug-likeness (QED) is 0.243. The molecule has 0 aliphatic rings. The van der Waals surface area contributed by atoms with Gasteiger partial charge in [-0.25, -0.2) is 9.97 Å². The minimum absolute atomic E-state index is 0.00137. The molecule has 4 aromatic rings. The third-order valence-electron chi connectivity index (χ3n) is 4.65. The van der Waals surface area contributed by atoms with E-state index >= 15 is 0 Å². The Kier molecular flexibility index (Phi) is 6.79. The molecule has 0 bridgehead atoms. The number of furan rings is 1. The van der Waals surface area contributed by atoms with Gasteiger partial charge in [0.1, 0.15) is 11.4 Å². The van der Waals surface area contributed by atoms with Gasteiger partial charge in [0.2, 0.25) is 5.91 Å². The van der Waals surface area contributed by atoms with Gasteiger partial charge < -0.3 is 9.32 Å². The van der Waals surface area contributed by atoms with E-state index in [0.29, 0.717) is 12.2 Å². The van der Waals surface area contributed by atoms with E-state index in [0.717, 1.165) is 23.4 Å². The van der Waals surface area contributed by atoms with E-state index < -0.39 is 11.9 Å². The number of aromatic nitrogens is 2. The lowest BCUT2D eigenvalue weighted by atomic mass is 10.2. The van der Waals surface area contributed by atoms with Gasteiger partial charge in [-0.15, -0.1) is 0 Å². The summed E-state index contributed by atoms with van der Waals surface area (Å²) in [6, 6.07) is 22.4. The van der Waals surface area contributed by atoms with Crippen molar-refractivity contribution in [1.29, 1.82) is 0 Å². The normalized spacial score (nSPS) is 11.4. The largest absolute Gasteiger partial charge is 0.463 e. The summed E-state index contributed by atoms with van der Waals surface area (Å²) < 4.78 is 45.3. The van der Waals surface area contributed by atoms with Crippen LogP contribution in [0.2, 0.25) is 0 Å². The minimum Gasteiger partial charge on any atom is -0.463 e. The molecule has 0 atom stereocenters. The van der Waals surface area contributed by atoms with Crippen molar-refractivity contribution in [3.63, 3.8) is 0 Å². The molecule has 0 saturated carbocycles. The molecular formula is C24H18F3N3O2S. The number of benzene rings is 2. The first-order valence-corrected chi connectivity index (χ1v) is 10.9. The SMILES string of the molecule is O=C(CSc1nc(-c2ccco2)cc(C(F)(F)F)n1)N(Cc1ccccc1)c1ccccc1. The monoisotopic (exact) mass is 469 g/mol. The highest BCUT2D eigenvalue weighted by Gasteiger charge is 2.34. The average molecular weight is 469 g/mol. The number of para-hydroxylation sites is 1. The zero-order chi connectivity index (χ0) is 23.3. The first-order valence-electron chi connectivity index (χ1n) is 9.92. The maximum atomic E-state index is 13.4. The Labute approximate surface area is 192 Å². The molecule has 1 amide bonds. The number of alkyl halides is 3. The molecule has 168 valence electrons. The standard InChI is InChI=1S/C24H18F3N3O2S/c25-24(26,27)21-14-19(20-12-7-13-32-20)28-23(29-21)33-16-22(31)30(18-10-5-2-6-11-18)15-17-8-3-1-4-9-17/h1-14H,15-16H2. The van der Waals surface area contributed by atoms with Crippen LogP contribution < -0.4 is 4.90 Å². The lowest BCUT2D eigenvalue weighted by Gasteiger charge is -2.23. The molecule has 4 rings (SSSR count). The summed E-state index contributed by atoms with van der Waals surface area (Å²) in [5.74, 6) is -0.234. The van der Waals surface area contributed by atoms with E-state index in [2.05, 4.69) is 9.97 Å². The first-order chi connectivity index (χ1) is 15.9. The van der Waals surface area contributed by atoms with E-state index in [4.69, 9.17) is 4.42 Å². The predicted octanol–water partition coefficient (Wildman–Crippen LogP) is 6.08. The summed E-state index contributed by atoms with van der Waals surface area (Å²) in [6.45, 7) is 0.325. The number of anilines is 1. The summed E-state index contributed by atoms with van der Waals surface area (Å²) in [6.07, 6.45) is -3.31. The Morgan fingerprint density at radius 3 is 2.27 bits per heavy atom. The van der Waals surface area contributed by atoms with Crippen LogP contribution in [-0.2, 0) is 17.5 Å². The molecule has 0 radical (unpaired) electrons. The molecule has 0 spiro atoms. The molecule has 2 aromatic carbocycles. The number of carbonyl (C=O) groups excluding carboxylic acids is 1. The number of hydrogen-bond donors (Lipinski definition) is 0. The highest BCUT2D eigenvalue weighted by atomic mass is 32.2. The lowest BCUT2D eigenvalue weighted by molar-refractivity contribution is -0.141. The summed E-state index contributed by atoms with van der Waals surface area (Å²) in [4.78, 5) is 22.5. The van der Waals surface area contributed by atoms with Gasteiger partial charge in [0, 0.05) is 5.69 Å². The fraction of sp³-hybridized carbons (Fsp3) is 0.125. The smallest absolute Gasteiger partial charge is 0.433 e. The van der Waals surface area contributed by atoms with E-state index in [-0.39, 0.29) is 28.3 Å². The third kappa shape index (κ3) is 5.81. The van der Waals surface area contributed by atoms with Crippen molar-refractivity contribution >= 4 is 23.4 Å². The summed E-state index contributed by atoms with van der Waals surface area (Å²) >= 11 is 0.849. The Hall–Kier alpha value is -3.59. The van der Waals surface area contributed by atoms with Gasteiger partial charge in [-0.05, 0) is 35.9 Å². The van der Waals surface area contributed by atoms with Crippen molar-refractivity contribution in [2.24, 2.45) is 0 Å². The maximum Gasteiger partial charge on any atom is 0.433 e. The van der Waals surface area contributed by atoms with Crippen molar-refractivity contribution < 1.29 is 22.4 Å². The van der Waals surface area contributed by atoms with Crippen LogP contribution >= 0.6 is 11.8 Å². The van der Waals surface area contributed by atoms with Crippen LogP contribution in [0.25, 0.3) is 11.5 Å². The Bertz CT molecular complexity index is 1200. The fourth-order valence-electron chi connectivity index (χ4n) is 3.09. The van der Waals surface area contributed by atoms with Crippen molar-refractivity contribution in [1.82, 2.24) is 9.97 Å². The number of nitrogens with zero attached hydrogens (tertiary/aromatic N) is 3. The molecule has 5 nitrogen and oxygen atoms in total. The van der Waals surface area contributed by atoms with Crippen molar-refractivity contribution in [2.75, 3.05) is 10.7 Å². The molecule has 2 heterocycles. The summed E-state index contributed by atoms with van der Waals surface area (Å²) in [5, 5.41) is -0.155. The van der Waals surface area contributed by atoms with E-state index in [9.17, 15) is 18.0 Å². The van der Waals surface area contributed by atoms with Crippen LogP contribution in [0.4, 0.5) is 18.9 Å². The number of halogens is 3. The predicted molar refractivity (Wildman–Crippen MR) is 120 cm³/mol. The maximum absolute atomic E-state index is 13.4. The highest BCUT2D eigenvalue weighted by molar-refractivity contribution is 7.99. The second-order valence-corrected chi connectivity index (χ2v) is 7.93. The van der Waals surface area contributed by atoms with Crippen LogP contribution in [0.5, 0.6) is 0 Å². The molecule has 0 unspecified atom stereocenters. The van der Waals surface area contributed by atoms with Gasteiger partial charge >= 0.3 is 6.18 Å². The summed E-state index contributed by atoms with van der Waals surface area (Å²) in [5.41, 5.74) is 0.521. The van der Waals surface area contributed by atoms with Gasteiger partial charge in [0.15, 0.2) is 10.9 Å². The van der Waals surface area contributed by atoms with Crippen molar-refractivity contribution in [2.45, 2.75) is 17.9 Å². The molecule has 0 saturated heterocycles. The van der Waals surface area contributed by atoms with Gasteiger partial charge in [-0.1, -0.05) is 60.3 Å². The van der Waals surface area contributed by atoms with Crippen molar-refractivity contribution in [3.05, 3.63) is 96.4 Å². The molecule has 0 aliphatic carbocycles.